The van der Waals surface area contributed by atoms with Crippen molar-refractivity contribution in [3.8, 4) is 0 Å². The zero-order valence-electron chi connectivity index (χ0n) is 26.0. The summed E-state index contributed by atoms with van der Waals surface area (Å²) in [5, 5.41) is 13.7. The molecule has 1 aliphatic carbocycles. The first-order chi connectivity index (χ1) is 21.8. The summed E-state index contributed by atoms with van der Waals surface area (Å²) in [6.45, 7) is 1.50. The third-order valence-corrected chi connectivity index (χ3v) is 8.91. The molecule has 10 heteroatoms. The second kappa shape index (κ2) is 12.8. The summed E-state index contributed by atoms with van der Waals surface area (Å²) < 4.78 is 5.06. The van der Waals surface area contributed by atoms with Gasteiger partial charge in [0.15, 0.2) is 5.84 Å². The van der Waals surface area contributed by atoms with Crippen molar-refractivity contribution in [1.29, 1.82) is 0 Å². The van der Waals surface area contributed by atoms with Crippen molar-refractivity contribution in [2.75, 3.05) is 57.7 Å². The molecule has 234 valence electrons. The first-order valence-electron chi connectivity index (χ1n) is 15.4. The molecule has 1 fully saturated rings. The Bertz CT molecular complexity index is 1650. The molecule has 0 radical (unpaired) electrons. The number of fused-ring (bicyclic) bond motifs is 1. The van der Waals surface area contributed by atoms with Crippen LogP contribution in [0.5, 0.6) is 0 Å². The van der Waals surface area contributed by atoms with Gasteiger partial charge in [-0.05, 0) is 78.3 Å². The number of aliphatic imine (C=N–C) groups is 1. The van der Waals surface area contributed by atoms with Crippen molar-refractivity contribution < 1.29 is 24.2 Å². The van der Waals surface area contributed by atoms with Crippen LogP contribution in [0.25, 0.3) is 0 Å². The maximum absolute atomic E-state index is 13.7. The lowest BCUT2D eigenvalue weighted by atomic mass is 9.93. The number of nitrogens with zero attached hydrogens (tertiary/aromatic N) is 4. The number of rotatable bonds is 9. The Kier molecular flexibility index (Phi) is 8.69. The van der Waals surface area contributed by atoms with E-state index in [1.807, 2.05) is 24.3 Å². The lowest BCUT2D eigenvalue weighted by Gasteiger charge is -2.33. The van der Waals surface area contributed by atoms with Gasteiger partial charge in [-0.3, -0.25) is 19.4 Å². The van der Waals surface area contributed by atoms with E-state index < -0.39 is 6.04 Å². The number of carbonyl (C=O) groups is 3. The summed E-state index contributed by atoms with van der Waals surface area (Å²) in [6.07, 6.45) is 3.18. The molecule has 0 aromatic heterocycles. The molecule has 0 bridgehead atoms. The van der Waals surface area contributed by atoms with Crippen LogP contribution >= 0.6 is 0 Å². The maximum atomic E-state index is 13.7. The third kappa shape index (κ3) is 6.21. The van der Waals surface area contributed by atoms with E-state index in [1.54, 1.807) is 60.2 Å². The molecule has 2 N–H and O–H groups in total. The molecule has 10 nitrogen and oxygen atoms in total. The van der Waals surface area contributed by atoms with Crippen LogP contribution in [0.2, 0.25) is 0 Å². The number of benzene rings is 3. The SMILES string of the molecule is COCCN(C)C(=O)c1ccc(NC2=NC(c3cccc(N4CCc5cc(C6CC6)ccc5C4=O)c3CO)CN(C)C2=O)cc1. The number of ether oxygens (including phenoxy) is 1. The second-order valence-corrected chi connectivity index (χ2v) is 12.0. The molecule has 6 rings (SSSR count). The number of likely N-dealkylation sites (N-methyl/N-ethyl adjacent to an activating group) is 2. The Labute approximate surface area is 263 Å². The molecule has 3 aromatic carbocycles. The van der Waals surface area contributed by atoms with E-state index in [9.17, 15) is 19.5 Å². The number of aliphatic hydroxyl groups is 1. The van der Waals surface area contributed by atoms with E-state index in [4.69, 9.17) is 9.73 Å². The molecule has 3 amide bonds. The van der Waals surface area contributed by atoms with Gasteiger partial charge in [-0.2, -0.15) is 0 Å². The van der Waals surface area contributed by atoms with Crippen LogP contribution in [0.4, 0.5) is 11.4 Å². The number of methoxy groups -OCH3 is 1. The highest BCUT2D eigenvalue weighted by molar-refractivity contribution is 6.42. The minimum Gasteiger partial charge on any atom is -0.392 e. The molecule has 3 aromatic rings. The monoisotopic (exact) mass is 609 g/mol. The van der Waals surface area contributed by atoms with Gasteiger partial charge < -0.3 is 29.9 Å². The van der Waals surface area contributed by atoms with Gasteiger partial charge in [0.05, 0.1) is 19.3 Å². The fourth-order valence-electron chi connectivity index (χ4n) is 6.15. The van der Waals surface area contributed by atoms with E-state index in [2.05, 4.69) is 17.4 Å². The molecular formula is C35H39N5O5. The first kappa shape index (κ1) is 30.5. The Morgan fingerprint density at radius 2 is 1.87 bits per heavy atom. The van der Waals surface area contributed by atoms with E-state index in [0.29, 0.717) is 60.2 Å². The standard InChI is InChI=1S/C35H39N5O5/c1-38(17-18-45-3)33(42)23-9-12-26(13-10-23)36-32-35(44)39(2)20-30(37-32)28-5-4-6-31(29(28)21-41)40-16-15-25-19-24(22-7-8-22)11-14-27(25)34(40)43/h4-6,9-14,19,22,30,41H,7-8,15-18,20-21H2,1-3H3,(H,36,37). The minimum atomic E-state index is -0.458. The number of anilines is 2. The largest absolute Gasteiger partial charge is 0.392 e. The van der Waals surface area contributed by atoms with Gasteiger partial charge in [0.25, 0.3) is 17.7 Å². The Morgan fingerprint density at radius 1 is 1.09 bits per heavy atom. The van der Waals surface area contributed by atoms with Crippen molar-refractivity contribution in [1.82, 2.24) is 9.80 Å². The van der Waals surface area contributed by atoms with Crippen LogP contribution in [-0.2, 0) is 22.6 Å². The van der Waals surface area contributed by atoms with E-state index in [-0.39, 0.29) is 30.2 Å². The van der Waals surface area contributed by atoms with Crippen LogP contribution in [-0.4, -0.2) is 85.9 Å². The highest BCUT2D eigenvalue weighted by Crippen LogP contribution is 2.41. The normalized spacial score (nSPS) is 18.0. The predicted octanol–water partition coefficient (Wildman–Crippen LogP) is 4.00. The van der Waals surface area contributed by atoms with Crippen LogP contribution in [0, 0.1) is 0 Å². The van der Waals surface area contributed by atoms with Gasteiger partial charge in [0.2, 0.25) is 0 Å². The fraction of sp³-hybridized carbons (Fsp3) is 0.371. The number of hydrogen-bond acceptors (Lipinski definition) is 7. The molecule has 0 spiro atoms. The molecule has 3 aliphatic rings. The summed E-state index contributed by atoms with van der Waals surface area (Å²) in [5.41, 5.74) is 6.31. The zero-order valence-corrected chi connectivity index (χ0v) is 26.0. The molecular weight excluding hydrogens is 570 g/mol. The number of amidine groups is 1. The summed E-state index contributed by atoms with van der Waals surface area (Å²) in [7, 11) is 5.03. The van der Waals surface area contributed by atoms with Gasteiger partial charge in [-0.25, -0.2) is 0 Å². The predicted molar refractivity (Wildman–Crippen MR) is 173 cm³/mol. The number of hydrogen-bond donors (Lipinski definition) is 2. The van der Waals surface area contributed by atoms with Gasteiger partial charge in [0, 0.05) is 68.9 Å². The second-order valence-electron chi connectivity index (χ2n) is 12.0. The molecule has 2 heterocycles. The van der Waals surface area contributed by atoms with Crippen LogP contribution in [0.3, 0.4) is 0 Å². The van der Waals surface area contributed by atoms with Crippen molar-refractivity contribution in [3.05, 3.63) is 94.0 Å². The molecule has 1 unspecified atom stereocenters. The summed E-state index contributed by atoms with van der Waals surface area (Å²) in [4.78, 5) is 49.2. The van der Waals surface area contributed by atoms with Gasteiger partial charge in [-0.15, -0.1) is 0 Å². The Hall–Kier alpha value is -4.54. The van der Waals surface area contributed by atoms with Crippen molar-refractivity contribution in [3.63, 3.8) is 0 Å². The molecule has 1 saturated carbocycles. The zero-order chi connectivity index (χ0) is 31.7. The lowest BCUT2D eigenvalue weighted by molar-refractivity contribution is -0.123. The quantitative estimate of drug-likeness (QED) is 0.379. The molecule has 2 aliphatic heterocycles. The Morgan fingerprint density at radius 3 is 2.58 bits per heavy atom. The Balaban J connectivity index is 1.24. The summed E-state index contributed by atoms with van der Waals surface area (Å²) in [5.74, 6) is 0.330. The maximum Gasteiger partial charge on any atom is 0.289 e. The van der Waals surface area contributed by atoms with Gasteiger partial charge >= 0.3 is 0 Å². The summed E-state index contributed by atoms with van der Waals surface area (Å²) >= 11 is 0. The fourth-order valence-corrected chi connectivity index (χ4v) is 6.15. The number of aliphatic hydroxyl groups excluding tert-OH is 1. The highest BCUT2D eigenvalue weighted by Gasteiger charge is 2.33. The van der Waals surface area contributed by atoms with Crippen LogP contribution < -0.4 is 10.2 Å². The number of nitrogens with one attached hydrogen (secondary N) is 1. The van der Waals surface area contributed by atoms with Crippen molar-refractivity contribution >= 4 is 34.9 Å². The van der Waals surface area contributed by atoms with Crippen LogP contribution in [0.15, 0.2) is 65.7 Å². The lowest BCUT2D eigenvalue weighted by Crippen LogP contribution is -2.44. The average Bonchev–Trinajstić information content (AvgIpc) is 3.91. The van der Waals surface area contributed by atoms with E-state index in [0.717, 1.165) is 17.5 Å². The topological polar surface area (TPSA) is 115 Å². The summed E-state index contributed by atoms with van der Waals surface area (Å²) in [6, 6.07) is 18.3. The minimum absolute atomic E-state index is 0.0703. The highest BCUT2D eigenvalue weighted by atomic mass is 16.5. The number of amides is 3. The van der Waals surface area contributed by atoms with Gasteiger partial charge in [-0.1, -0.05) is 24.3 Å². The van der Waals surface area contributed by atoms with E-state index in [1.165, 1.54) is 18.4 Å². The molecule has 1 atom stereocenters. The van der Waals surface area contributed by atoms with Gasteiger partial charge in [0.1, 0.15) is 0 Å². The van der Waals surface area contributed by atoms with Crippen LogP contribution in [0.1, 0.15) is 67.8 Å². The smallest absolute Gasteiger partial charge is 0.289 e. The average molecular weight is 610 g/mol. The molecule has 0 saturated heterocycles. The number of carbonyl (C=O) groups excluding carboxylic acids is 3. The first-order valence-corrected chi connectivity index (χ1v) is 15.4. The third-order valence-electron chi connectivity index (χ3n) is 8.91. The van der Waals surface area contributed by atoms with Crippen molar-refractivity contribution in [2.24, 2.45) is 4.99 Å². The van der Waals surface area contributed by atoms with Crippen molar-refractivity contribution in [2.45, 2.75) is 37.8 Å². The molecule has 45 heavy (non-hydrogen) atoms. The van der Waals surface area contributed by atoms with E-state index >= 15 is 0 Å².